The number of nitrogens with zero attached hydrogens (tertiary/aromatic N) is 4. The molecule has 0 amide bonds. The van der Waals surface area contributed by atoms with Gasteiger partial charge in [-0.15, -0.1) is 10.2 Å². The van der Waals surface area contributed by atoms with E-state index >= 15 is 0 Å². The van der Waals surface area contributed by atoms with Crippen molar-refractivity contribution in [2.24, 2.45) is 0 Å². The molecule has 0 aliphatic carbocycles. The van der Waals surface area contributed by atoms with Crippen LogP contribution in [0.1, 0.15) is 29.3 Å². The number of thioether (sulfide) groups is 1. The zero-order valence-electron chi connectivity index (χ0n) is 16.9. The number of aromatic nitrogens is 4. The molecular weight excluding hydrogens is 432 g/mol. The maximum atomic E-state index is 6.22. The predicted molar refractivity (Wildman–Crippen MR) is 121 cm³/mol. The number of hydrogen-bond acceptors (Lipinski definition) is 6. The summed E-state index contributed by atoms with van der Waals surface area (Å²) in [5, 5.41) is 9.51. The van der Waals surface area contributed by atoms with Gasteiger partial charge in [-0.1, -0.05) is 53.7 Å². The second kappa shape index (κ2) is 8.24. The fourth-order valence-corrected chi connectivity index (χ4v) is 4.51. The molecule has 0 saturated carbocycles. The molecule has 6 nitrogen and oxygen atoms in total. The summed E-state index contributed by atoms with van der Waals surface area (Å²) in [6, 6.07) is 18.0. The van der Waals surface area contributed by atoms with Crippen LogP contribution in [0.2, 0.25) is 5.02 Å². The molecule has 0 aliphatic rings. The topological polar surface area (TPSA) is 69.9 Å². The van der Waals surface area contributed by atoms with Crippen LogP contribution in [-0.2, 0) is 6.54 Å². The minimum atomic E-state index is -0.0198. The predicted octanol–water partition coefficient (Wildman–Crippen LogP) is 6.54. The van der Waals surface area contributed by atoms with Gasteiger partial charge in [-0.05, 0) is 43.7 Å². The summed E-state index contributed by atoms with van der Waals surface area (Å²) in [5.41, 5.74) is 3.91. The monoisotopic (exact) mass is 450 g/mol. The molecule has 0 fully saturated rings. The van der Waals surface area contributed by atoms with Crippen molar-refractivity contribution in [3.8, 4) is 11.5 Å². The van der Waals surface area contributed by atoms with Crippen molar-refractivity contribution in [3.05, 3.63) is 83.0 Å². The van der Waals surface area contributed by atoms with Gasteiger partial charge in [0.25, 0.3) is 11.1 Å². The zero-order valence-corrected chi connectivity index (χ0v) is 18.5. The van der Waals surface area contributed by atoms with E-state index < -0.39 is 0 Å². The van der Waals surface area contributed by atoms with Crippen LogP contribution in [0.3, 0.4) is 0 Å². The lowest BCUT2D eigenvalue weighted by Gasteiger charge is -2.13. The van der Waals surface area contributed by atoms with Gasteiger partial charge in [0.15, 0.2) is 0 Å². The summed E-state index contributed by atoms with van der Waals surface area (Å²) < 4.78 is 13.4. The van der Waals surface area contributed by atoms with Crippen molar-refractivity contribution in [1.82, 2.24) is 19.7 Å². The van der Waals surface area contributed by atoms with Crippen molar-refractivity contribution in [2.75, 3.05) is 0 Å². The second-order valence-corrected chi connectivity index (χ2v) is 8.93. The molecule has 0 radical (unpaired) electrons. The first kappa shape index (κ1) is 19.9. The molecule has 1 unspecified atom stereocenters. The quantitative estimate of drug-likeness (QED) is 0.273. The molecule has 2 aromatic carbocycles. The SMILES string of the molecule is Cc1occc1-c1nnc(SC(C)c2nc3cc(Cl)ccc3n2Cc2ccccc2)o1. The third-order valence-corrected chi connectivity index (χ3v) is 6.23. The standard InChI is InChI=1S/C23H19ClN4O2S/c1-14-18(10-11-29-14)22-26-27-23(30-22)31-15(2)21-25-19-12-17(24)8-9-20(19)28(21)13-16-6-4-3-5-7-16/h3-12,15H,13H2,1-2H3. The summed E-state index contributed by atoms with van der Waals surface area (Å²) in [5.74, 6) is 2.12. The van der Waals surface area contributed by atoms with Crippen LogP contribution in [-0.4, -0.2) is 19.7 Å². The third-order valence-electron chi connectivity index (χ3n) is 5.06. The molecule has 0 bridgehead atoms. The van der Waals surface area contributed by atoms with Crippen LogP contribution >= 0.6 is 23.4 Å². The first-order chi connectivity index (χ1) is 15.1. The lowest BCUT2D eigenvalue weighted by Crippen LogP contribution is -2.06. The number of fused-ring (bicyclic) bond motifs is 1. The number of hydrogen-bond donors (Lipinski definition) is 0. The minimum absolute atomic E-state index is 0.0198. The highest BCUT2D eigenvalue weighted by Crippen LogP contribution is 2.37. The van der Waals surface area contributed by atoms with E-state index in [9.17, 15) is 0 Å². The minimum Gasteiger partial charge on any atom is -0.469 e. The molecule has 31 heavy (non-hydrogen) atoms. The van der Waals surface area contributed by atoms with Gasteiger partial charge in [-0.25, -0.2) is 4.98 Å². The van der Waals surface area contributed by atoms with Gasteiger partial charge in [0, 0.05) is 11.6 Å². The van der Waals surface area contributed by atoms with Gasteiger partial charge in [0.2, 0.25) is 0 Å². The largest absolute Gasteiger partial charge is 0.469 e. The van der Waals surface area contributed by atoms with Crippen molar-refractivity contribution >= 4 is 34.4 Å². The number of aryl methyl sites for hydroxylation is 1. The zero-order chi connectivity index (χ0) is 21.4. The highest BCUT2D eigenvalue weighted by molar-refractivity contribution is 7.99. The highest BCUT2D eigenvalue weighted by atomic mass is 35.5. The van der Waals surface area contributed by atoms with E-state index in [4.69, 9.17) is 25.4 Å². The average Bonchev–Trinajstić information content (AvgIpc) is 3.47. The molecule has 0 saturated heterocycles. The Bertz CT molecular complexity index is 1340. The van der Waals surface area contributed by atoms with Gasteiger partial charge < -0.3 is 13.4 Å². The molecule has 156 valence electrons. The van der Waals surface area contributed by atoms with E-state index in [-0.39, 0.29) is 5.25 Å². The summed E-state index contributed by atoms with van der Waals surface area (Å²) in [4.78, 5) is 4.89. The fourth-order valence-electron chi connectivity index (χ4n) is 3.54. The van der Waals surface area contributed by atoms with E-state index in [1.165, 1.54) is 17.3 Å². The summed E-state index contributed by atoms with van der Waals surface area (Å²) >= 11 is 7.70. The first-order valence-electron chi connectivity index (χ1n) is 9.83. The Labute approximate surface area is 188 Å². The van der Waals surface area contributed by atoms with E-state index in [1.54, 1.807) is 6.26 Å². The summed E-state index contributed by atoms with van der Waals surface area (Å²) in [6.07, 6.45) is 1.61. The Kier molecular flexibility index (Phi) is 5.29. The maximum absolute atomic E-state index is 6.22. The smallest absolute Gasteiger partial charge is 0.277 e. The fraction of sp³-hybridized carbons (Fsp3) is 0.174. The van der Waals surface area contributed by atoms with Crippen LogP contribution in [0.5, 0.6) is 0 Å². The second-order valence-electron chi connectivity index (χ2n) is 7.20. The lowest BCUT2D eigenvalue weighted by molar-refractivity contribution is 0.462. The van der Waals surface area contributed by atoms with Crippen LogP contribution in [0.4, 0.5) is 0 Å². The van der Waals surface area contributed by atoms with Crippen LogP contribution < -0.4 is 0 Å². The molecule has 0 N–H and O–H groups in total. The third kappa shape index (κ3) is 3.98. The Morgan fingerprint density at radius 3 is 2.71 bits per heavy atom. The van der Waals surface area contributed by atoms with Gasteiger partial charge in [-0.2, -0.15) is 0 Å². The molecule has 5 rings (SSSR count). The molecule has 0 spiro atoms. The van der Waals surface area contributed by atoms with Gasteiger partial charge in [-0.3, -0.25) is 0 Å². The Morgan fingerprint density at radius 2 is 1.94 bits per heavy atom. The number of imidazole rings is 1. The Morgan fingerprint density at radius 1 is 1.10 bits per heavy atom. The first-order valence-corrected chi connectivity index (χ1v) is 11.1. The molecule has 3 aromatic heterocycles. The number of rotatable bonds is 6. The molecule has 3 heterocycles. The number of furan rings is 1. The van der Waals surface area contributed by atoms with Crippen LogP contribution in [0.15, 0.2) is 74.9 Å². The molecule has 1 atom stereocenters. The van der Waals surface area contributed by atoms with E-state index in [0.29, 0.717) is 22.7 Å². The Hall–Kier alpha value is -3.03. The Balaban J connectivity index is 1.48. The molecular formula is C23H19ClN4O2S. The number of halogens is 1. The van der Waals surface area contributed by atoms with Crippen molar-refractivity contribution < 1.29 is 8.83 Å². The van der Waals surface area contributed by atoms with E-state index in [1.807, 2.05) is 49.4 Å². The van der Waals surface area contributed by atoms with E-state index in [2.05, 4.69) is 33.8 Å². The lowest BCUT2D eigenvalue weighted by atomic mass is 10.2. The van der Waals surface area contributed by atoms with Crippen LogP contribution in [0, 0.1) is 6.92 Å². The van der Waals surface area contributed by atoms with Gasteiger partial charge >= 0.3 is 0 Å². The van der Waals surface area contributed by atoms with Gasteiger partial charge in [0.05, 0.1) is 28.1 Å². The normalized spacial score (nSPS) is 12.5. The van der Waals surface area contributed by atoms with Crippen molar-refractivity contribution in [2.45, 2.75) is 30.9 Å². The van der Waals surface area contributed by atoms with Crippen molar-refractivity contribution in [1.29, 1.82) is 0 Å². The molecule has 0 aliphatic heterocycles. The average molecular weight is 451 g/mol. The molecule has 5 aromatic rings. The van der Waals surface area contributed by atoms with E-state index in [0.717, 1.165) is 28.2 Å². The summed E-state index contributed by atoms with van der Waals surface area (Å²) in [7, 11) is 0. The number of benzene rings is 2. The highest BCUT2D eigenvalue weighted by Gasteiger charge is 2.22. The van der Waals surface area contributed by atoms with Gasteiger partial charge in [0.1, 0.15) is 11.6 Å². The molecule has 8 heteroatoms. The summed E-state index contributed by atoms with van der Waals surface area (Å²) in [6.45, 7) is 4.66. The maximum Gasteiger partial charge on any atom is 0.277 e. The van der Waals surface area contributed by atoms with Crippen molar-refractivity contribution in [3.63, 3.8) is 0 Å². The van der Waals surface area contributed by atoms with Crippen LogP contribution in [0.25, 0.3) is 22.5 Å².